The summed E-state index contributed by atoms with van der Waals surface area (Å²) >= 11 is 0. The van der Waals surface area contributed by atoms with E-state index in [1.807, 2.05) is 18.2 Å². The molecule has 3 aromatic rings. The molecule has 0 unspecified atom stereocenters. The number of hydrogen-bond acceptors (Lipinski definition) is 4. The number of nitrogens with zero attached hydrogens (tertiary/aromatic N) is 3. The lowest BCUT2D eigenvalue weighted by atomic mass is 10.2. The van der Waals surface area contributed by atoms with Crippen LogP contribution in [0.1, 0.15) is 17.8 Å². The Kier molecular flexibility index (Phi) is 10.6. The zero-order valence-electron chi connectivity index (χ0n) is 18.4. The smallest absolute Gasteiger partial charge is 0.191 e. The van der Waals surface area contributed by atoms with Crippen molar-refractivity contribution in [2.45, 2.75) is 26.4 Å². The van der Waals surface area contributed by atoms with E-state index in [1.165, 1.54) is 5.52 Å². The number of imidazole rings is 1. The molecule has 0 fully saturated rings. The Morgan fingerprint density at radius 1 is 1.06 bits per heavy atom. The van der Waals surface area contributed by atoms with E-state index in [0.717, 1.165) is 48.1 Å². The lowest BCUT2D eigenvalue weighted by Crippen LogP contribution is -2.37. The van der Waals surface area contributed by atoms with Crippen molar-refractivity contribution in [3.05, 3.63) is 59.9 Å². The first-order chi connectivity index (χ1) is 14.7. The van der Waals surface area contributed by atoms with Gasteiger partial charge in [0, 0.05) is 33.8 Å². The minimum Gasteiger partial charge on any atom is -0.491 e. The molecule has 1 aromatic heterocycles. The number of rotatable bonds is 10. The van der Waals surface area contributed by atoms with Gasteiger partial charge < -0.3 is 24.7 Å². The van der Waals surface area contributed by atoms with Crippen molar-refractivity contribution in [1.29, 1.82) is 0 Å². The van der Waals surface area contributed by atoms with Gasteiger partial charge >= 0.3 is 0 Å². The first kappa shape index (κ1) is 24.9. The van der Waals surface area contributed by atoms with Crippen molar-refractivity contribution < 1.29 is 9.47 Å². The van der Waals surface area contributed by atoms with Gasteiger partial charge in [0.2, 0.25) is 0 Å². The fourth-order valence-electron chi connectivity index (χ4n) is 3.27. The fourth-order valence-corrected chi connectivity index (χ4v) is 3.27. The molecule has 1 heterocycles. The average Bonchev–Trinajstić information content (AvgIpc) is 3.09. The standard InChI is InChI=1S/C23H31N5O2.HI/c1-18-27-21-7-4-5-8-22(21)28(18)14-6-13-25-23(24-2)26-17-19-9-11-20(12-10-19)30-16-15-29-3;/h4-5,7-12H,6,13-17H2,1-3H3,(H2,24,25,26);1H. The number of guanidine groups is 1. The van der Waals surface area contributed by atoms with E-state index in [4.69, 9.17) is 9.47 Å². The highest BCUT2D eigenvalue weighted by Crippen LogP contribution is 2.15. The van der Waals surface area contributed by atoms with E-state index in [1.54, 1.807) is 14.2 Å². The van der Waals surface area contributed by atoms with Gasteiger partial charge in [-0.1, -0.05) is 24.3 Å². The van der Waals surface area contributed by atoms with Gasteiger partial charge in [-0.25, -0.2) is 4.98 Å². The zero-order valence-corrected chi connectivity index (χ0v) is 20.8. The van der Waals surface area contributed by atoms with Gasteiger partial charge in [0.15, 0.2) is 5.96 Å². The van der Waals surface area contributed by atoms with Crippen LogP contribution in [-0.2, 0) is 17.8 Å². The normalized spacial score (nSPS) is 11.3. The molecule has 31 heavy (non-hydrogen) atoms. The number of aromatic nitrogens is 2. The Morgan fingerprint density at radius 2 is 1.84 bits per heavy atom. The van der Waals surface area contributed by atoms with Crippen LogP contribution < -0.4 is 15.4 Å². The molecular weight excluding hydrogens is 505 g/mol. The van der Waals surface area contributed by atoms with Crippen LogP contribution in [0.25, 0.3) is 11.0 Å². The van der Waals surface area contributed by atoms with Crippen LogP contribution in [0.5, 0.6) is 5.75 Å². The van der Waals surface area contributed by atoms with Gasteiger partial charge in [0.1, 0.15) is 18.2 Å². The predicted octanol–water partition coefficient (Wildman–Crippen LogP) is 3.74. The molecule has 7 nitrogen and oxygen atoms in total. The third-order valence-electron chi connectivity index (χ3n) is 4.86. The third kappa shape index (κ3) is 7.39. The second-order valence-electron chi connectivity index (χ2n) is 6.99. The summed E-state index contributed by atoms with van der Waals surface area (Å²) in [6, 6.07) is 16.3. The molecule has 0 aliphatic carbocycles. The Labute approximate surface area is 201 Å². The number of benzene rings is 2. The number of nitrogens with one attached hydrogen (secondary N) is 2. The summed E-state index contributed by atoms with van der Waals surface area (Å²) in [5.74, 6) is 2.69. The van der Waals surface area contributed by atoms with Crippen LogP contribution in [-0.4, -0.2) is 49.4 Å². The highest BCUT2D eigenvalue weighted by atomic mass is 127. The van der Waals surface area contributed by atoms with Crippen LogP contribution in [0.2, 0.25) is 0 Å². The zero-order chi connectivity index (χ0) is 21.2. The molecule has 2 aromatic carbocycles. The monoisotopic (exact) mass is 537 g/mol. The number of hydrogen-bond donors (Lipinski definition) is 2. The second-order valence-corrected chi connectivity index (χ2v) is 6.99. The molecule has 0 aliphatic heterocycles. The van der Waals surface area contributed by atoms with Crippen LogP contribution in [0, 0.1) is 6.92 Å². The minimum absolute atomic E-state index is 0. The molecule has 0 bridgehead atoms. The molecule has 2 N–H and O–H groups in total. The molecule has 0 saturated carbocycles. The lowest BCUT2D eigenvalue weighted by Gasteiger charge is -2.13. The van der Waals surface area contributed by atoms with Gasteiger partial charge in [-0.2, -0.15) is 0 Å². The van der Waals surface area contributed by atoms with Crippen molar-refractivity contribution in [1.82, 2.24) is 20.2 Å². The minimum atomic E-state index is 0. The molecule has 0 aliphatic rings. The molecule has 0 saturated heterocycles. The predicted molar refractivity (Wildman–Crippen MR) is 137 cm³/mol. The van der Waals surface area contributed by atoms with Crippen LogP contribution in [0.15, 0.2) is 53.5 Å². The molecule has 3 rings (SSSR count). The summed E-state index contributed by atoms with van der Waals surface area (Å²) in [7, 11) is 3.45. The largest absolute Gasteiger partial charge is 0.491 e. The first-order valence-corrected chi connectivity index (χ1v) is 10.3. The van der Waals surface area contributed by atoms with E-state index in [0.29, 0.717) is 19.8 Å². The fraction of sp³-hybridized carbons (Fsp3) is 0.391. The summed E-state index contributed by atoms with van der Waals surface area (Å²) in [6.45, 7) is 5.64. The van der Waals surface area contributed by atoms with Crippen molar-refractivity contribution in [2.75, 3.05) is 33.9 Å². The quantitative estimate of drug-likeness (QED) is 0.179. The summed E-state index contributed by atoms with van der Waals surface area (Å²) in [6.07, 6.45) is 0.982. The maximum absolute atomic E-state index is 5.59. The van der Waals surface area contributed by atoms with Crippen molar-refractivity contribution >= 4 is 41.0 Å². The highest BCUT2D eigenvalue weighted by molar-refractivity contribution is 14.0. The number of para-hydroxylation sites is 2. The Morgan fingerprint density at radius 3 is 2.58 bits per heavy atom. The molecule has 0 atom stereocenters. The third-order valence-corrected chi connectivity index (χ3v) is 4.86. The summed E-state index contributed by atoms with van der Waals surface area (Å²) in [5, 5.41) is 6.73. The number of aryl methyl sites for hydroxylation is 2. The Bertz CT molecular complexity index is 956. The highest BCUT2D eigenvalue weighted by Gasteiger charge is 2.06. The number of halogens is 1. The topological polar surface area (TPSA) is 72.7 Å². The second kappa shape index (κ2) is 13.2. The van der Waals surface area contributed by atoms with Crippen molar-refractivity contribution in [3.8, 4) is 5.75 Å². The van der Waals surface area contributed by atoms with Crippen LogP contribution >= 0.6 is 24.0 Å². The van der Waals surface area contributed by atoms with Gasteiger partial charge in [-0.3, -0.25) is 4.99 Å². The van der Waals surface area contributed by atoms with Gasteiger partial charge in [-0.05, 0) is 43.2 Å². The van der Waals surface area contributed by atoms with E-state index < -0.39 is 0 Å². The van der Waals surface area contributed by atoms with Crippen molar-refractivity contribution in [3.63, 3.8) is 0 Å². The van der Waals surface area contributed by atoms with Crippen molar-refractivity contribution in [2.24, 2.45) is 4.99 Å². The van der Waals surface area contributed by atoms with E-state index >= 15 is 0 Å². The lowest BCUT2D eigenvalue weighted by molar-refractivity contribution is 0.146. The van der Waals surface area contributed by atoms with Gasteiger partial charge in [0.25, 0.3) is 0 Å². The Hall–Kier alpha value is -2.33. The summed E-state index contributed by atoms with van der Waals surface area (Å²) < 4.78 is 12.8. The molecule has 0 amide bonds. The molecule has 0 spiro atoms. The average molecular weight is 537 g/mol. The van der Waals surface area contributed by atoms with E-state index in [-0.39, 0.29) is 24.0 Å². The number of fused-ring (bicyclic) bond motifs is 1. The number of ether oxygens (including phenoxy) is 2. The Balaban J connectivity index is 0.00000341. The molecular formula is C23H32IN5O2. The molecule has 168 valence electrons. The summed E-state index contributed by atoms with van der Waals surface area (Å²) in [5.41, 5.74) is 3.40. The van der Waals surface area contributed by atoms with E-state index in [9.17, 15) is 0 Å². The van der Waals surface area contributed by atoms with Gasteiger partial charge in [-0.15, -0.1) is 24.0 Å². The van der Waals surface area contributed by atoms with Gasteiger partial charge in [0.05, 0.1) is 17.6 Å². The SMILES string of the molecule is CN=C(NCCCn1c(C)nc2ccccc21)NCc1ccc(OCCOC)cc1.I. The molecule has 8 heteroatoms. The van der Waals surface area contributed by atoms with Crippen LogP contribution in [0.4, 0.5) is 0 Å². The number of aliphatic imine (C=N–C) groups is 1. The maximum Gasteiger partial charge on any atom is 0.191 e. The first-order valence-electron chi connectivity index (χ1n) is 10.3. The van der Waals surface area contributed by atoms with Crippen LogP contribution in [0.3, 0.4) is 0 Å². The van der Waals surface area contributed by atoms with E-state index in [2.05, 4.69) is 62.4 Å². The summed E-state index contributed by atoms with van der Waals surface area (Å²) in [4.78, 5) is 8.93. The molecule has 0 radical (unpaired) electrons. The number of methoxy groups -OCH3 is 1. The maximum atomic E-state index is 5.59.